The lowest BCUT2D eigenvalue weighted by atomic mass is 10.3. The quantitative estimate of drug-likeness (QED) is 0.728. The first-order chi connectivity index (χ1) is 6.90. The molecule has 1 aliphatic rings. The summed E-state index contributed by atoms with van der Waals surface area (Å²) in [6.07, 6.45) is 2.65. The summed E-state index contributed by atoms with van der Waals surface area (Å²) in [6, 6.07) is 8.40. The fourth-order valence-corrected chi connectivity index (χ4v) is 1.90. The van der Waals surface area contributed by atoms with Gasteiger partial charge in [0, 0.05) is 18.8 Å². The number of hydrogen-bond acceptors (Lipinski definition) is 2. The van der Waals surface area contributed by atoms with Crippen molar-refractivity contribution in [2.24, 2.45) is 0 Å². The van der Waals surface area contributed by atoms with Gasteiger partial charge in [0.25, 0.3) is 0 Å². The van der Waals surface area contributed by atoms with E-state index in [0.29, 0.717) is 0 Å². The van der Waals surface area contributed by atoms with Crippen LogP contribution in [0.2, 0.25) is 0 Å². The lowest BCUT2D eigenvalue weighted by Gasteiger charge is -2.17. The molecule has 1 aromatic carbocycles. The Balaban J connectivity index is 2.05. The van der Waals surface area contributed by atoms with E-state index in [9.17, 15) is 0 Å². The number of rotatable bonds is 3. The number of hydrogen-bond donors (Lipinski definition) is 0. The number of benzene rings is 1. The molecule has 0 aromatic heterocycles. The van der Waals surface area contributed by atoms with E-state index in [1.54, 1.807) is 0 Å². The standard InChI is InChI=1S/C12H17NO/c1-2-14-12-7-5-11(6-8-12)13-9-3-4-10-13/h5-8H,2-4,9-10H2,1H3. The van der Waals surface area contributed by atoms with Crippen molar-refractivity contribution in [2.45, 2.75) is 19.8 Å². The maximum atomic E-state index is 5.40. The molecule has 0 bridgehead atoms. The summed E-state index contributed by atoms with van der Waals surface area (Å²) in [5, 5.41) is 0. The Morgan fingerprint density at radius 3 is 2.36 bits per heavy atom. The fraction of sp³-hybridized carbons (Fsp3) is 0.500. The third-order valence-corrected chi connectivity index (χ3v) is 2.62. The molecular formula is C12H17NO. The van der Waals surface area contributed by atoms with Gasteiger partial charge in [0.15, 0.2) is 0 Å². The summed E-state index contributed by atoms with van der Waals surface area (Å²) >= 11 is 0. The van der Waals surface area contributed by atoms with Crippen LogP contribution in [0.5, 0.6) is 5.75 Å². The topological polar surface area (TPSA) is 12.5 Å². The monoisotopic (exact) mass is 191 g/mol. The zero-order chi connectivity index (χ0) is 9.80. The summed E-state index contributed by atoms with van der Waals surface area (Å²) < 4.78 is 5.40. The Hall–Kier alpha value is -1.18. The Kier molecular flexibility index (Phi) is 2.92. The molecule has 1 saturated heterocycles. The van der Waals surface area contributed by atoms with Crippen LogP contribution < -0.4 is 9.64 Å². The van der Waals surface area contributed by atoms with E-state index in [1.165, 1.54) is 31.6 Å². The lowest BCUT2D eigenvalue weighted by Crippen LogP contribution is -2.17. The van der Waals surface area contributed by atoms with E-state index in [4.69, 9.17) is 4.74 Å². The summed E-state index contributed by atoms with van der Waals surface area (Å²) in [5.41, 5.74) is 1.32. The molecule has 0 atom stereocenters. The Morgan fingerprint density at radius 2 is 1.79 bits per heavy atom. The molecule has 0 unspecified atom stereocenters. The van der Waals surface area contributed by atoms with Crippen molar-refractivity contribution in [1.29, 1.82) is 0 Å². The van der Waals surface area contributed by atoms with E-state index in [-0.39, 0.29) is 0 Å². The largest absolute Gasteiger partial charge is 0.494 e. The van der Waals surface area contributed by atoms with Crippen LogP contribution in [0.15, 0.2) is 24.3 Å². The number of anilines is 1. The zero-order valence-corrected chi connectivity index (χ0v) is 8.70. The van der Waals surface area contributed by atoms with Gasteiger partial charge >= 0.3 is 0 Å². The minimum Gasteiger partial charge on any atom is -0.494 e. The van der Waals surface area contributed by atoms with E-state index >= 15 is 0 Å². The van der Waals surface area contributed by atoms with Crippen LogP contribution in [-0.2, 0) is 0 Å². The van der Waals surface area contributed by atoms with Crippen LogP contribution in [-0.4, -0.2) is 19.7 Å². The van der Waals surface area contributed by atoms with Crippen molar-refractivity contribution in [3.05, 3.63) is 24.3 Å². The lowest BCUT2D eigenvalue weighted by molar-refractivity contribution is 0.340. The molecule has 2 rings (SSSR count). The Labute approximate surface area is 85.5 Å². The summed E-state index contributed by atoms with van der Waals surface area (Å²) in [5.74, 6) is 0.968. The van der Waals surface area contributed by atoms with Crippen molar-refractivity contribution in [1.82, 2.24) is 0 Å². The molecule has 1 aromatic rings. The van der Waals surface area contributed by atoms with Gasteiger partial charge in [0.05, 0.1) is 6.61 Å². The van der Waals surface area contributed by atoms with Crippen LogP contribution in [0.4, 0.5) is 5.69 Å². The van der Waals surface area contributed by atoms with Crippen LogP contribution in [0.1, 0.15) is 19.8 Å². The average molecular weight is 191 g/mol. The Morgan fingerprint density at radius 1 is 1.14 bits per heavy atom. The van der Waals surface area contributed by atoms with E-state index in [0.717, 1.165) is 12.4 Å². The van der Waals surface area contributed by atoms with Gasteiger partial charge < -0.3 is 9.64 Å². The molecule has 0 amide bonds. The first kappa shape index (κ1) is 9.38. The maximum absolute atomic E-state index is 5.40. The molecule has 2 heteroatoms. The Bertz CT molecular complexity index is 275. The first-order valence-corrected chi connectivity index (χ1v) is 5.38. The molecule has 0 N–H and O–H groups in total. The summed E-state index contributed by atoms with van der Waals surface area (Å²) in [6.45, 7) is 5.15. The second-order valence-corrected chi connectivity index (χ2v) is 3.62. The molecule has 1 heterocycles. The van der Waals surface area contributed by atoms with Crippen molar-refractivity contribution in [2.75, 3.05) is 24.6 Å². The van der Waals surface area contributed by atoms with E-state index in [1.807, 2.05) is 6.92 Å². The predicted octanol–water partition coefficient (Wildman–Crippen LogP) is 2.69. The number of nitrogens with zero attached hydrogens (tertiary/aromatic N) is 1. The van der Waals surface area contributed by atoms with Gasteiger partial charge in [-0.25, -0.2) is 0 Å². The maximum Gasteiger partial charge on any atom is 0.119 e. The van der Waals surface area contributed by atoms with Crippen LogP contribution >= 0.6 is 0 Å². The first-order valence-electron chi connectivity index (χ1n) is 5.38. The van der Waals surface area contributed by atoms with Crippen molar-refractivity contribution >= 4 is 5.69 Å². The molecule has 1 fully saturated rings. The van der Waals surface area contributed by atoms with Crippen LogP contribution in [0.3, 0.4) is 0 Å². The van der Waals surface area contributed by atoms with E-state index in [2.05, 4.69) is 29.2 Å². The van der Waals surface area contributed by atoms with Gasteiger partial charge in [0.1, 0.15) is 5.75 Å². The van der Waals surface area contributed by atoms with Gasteiger partial charge in [-0.05, 0) is 44.0 Å². The van der Waals surface area contributed by atoms with Gasteiger partial charge in [-0.1, -0.05) is 0 Å². The summed E-state index contributed by atoms with van der Waals surface area (Å²) in [7, 11) is 0. The third-order valence-electron chi connectivity index (χ3n) is 2.62. The molecule has 0 aliphatic carbocycles. The molecule has 76 valence electrons. The van der Waals surface area contributed by atoms with Gasteiger partial charge in [-0.2, -0.15) is 0 Å². The molecule has 2 nitrogen and oxygen atoms in total. The molecule has 1 aliphatic heterocycles. The third kappa shape index (κ3) is 2.00. The molecule has 14 heavy (non-hydrogen) atoms. The van der Waals surface area contributed by atoms with Crippen molar-refractivity contribution in [3.8, 4) is 5.75 Å². The molecule has 0 spiro atoms. The van der Waals surface area contributed by atoms with Crippen LogP contribution in [0.25, 0.3) is 0 Å². The van der Waals surface area contributed by atoms with Gasteiger partial charge in [-0.3, -0.25) is 0 Å². The smallest absolute Gasteiger partial charge is 0.119 e. The molecule has 0 radical (unpaired) electrons. The highest BCUT2D eigenvalue weighted by Gasteiger charge is 2.11. The molecular weight excluding hydrogens is 174 g/mol. The van der Waals surface area contributed by atoms with Gasteiger partial charge in [0.2, 0.25) is 0 Å². The minimum atomic E-state index is 0.739. The minimum absolute atomic E-state index is 0.739. The van der Waals surface area contributed by atoms with Crippen molar-refractivity contribution < 1.29 is 4.74 Å². The highest BCUT2D eigenvalue weighted by molar-refractivity contribution is 5.49. The summed E-state index contributed by atoms with van der Waals surface area (Å²) in [4.78, 5) is 2.43. The highest BCUT2D eigenvalue weighted by atomic mass is 16.5. The normalized spacial score (nSPS) is 15.9. The van der Waals surface area contributed by atoms with Crippen LogP contribution in [0, 0.1) is 0 Å². The second kappa shape index (κ2) is 4.36. The highest BCUT2D eigenvalue weighted by Crippen LogP contribution is 2.22. The average Bonchev–Trinajstić information content (AvgIpc) is 2.72. The zero-order valence-electron chi connectivity index (χ0n) is 8.70. The second-order valence-electron chi connectivity index (χ2n) is 3.62. The number of ether oxygens (including phenoxy) is 1. The predicted molar refractivity (Wildman–Crippen MR) is 59.1 cm³/mol. The SMILES string of the molecule is CCOc1ccc(N2CCCC2)cc1. The fourth-order valence-electron chi connectivity index (χ4n) is 1.90. The van der Waals surface area contributed by atoms with Gasteiger partial charge in [-0.15, -0.1) is 0 Å². The molecule has 0 saturated carbocycles. The van der Waals surface area contributed by atoms with E-state index < -0.39 is 0 Å². The van der Waals surface area contributed by atoms with Crippen molar-refractivity contribution in [3.63, 3.8) is 0 Å².